The van der Waals surface area contributed by atoms with E-state index in [0.717, 1.165) is 22.4 Å². The Hall–Kier alpha value is -2.74. The van der Waals surface area contributed by atoms with Gasteiger partial charge in [-0.25, -0.2) is 9.97 Å². The molecule has 0 bridgehead atoms. The number of amides is 1. The minimum absolute atomic E-state index is 0.248. The van der Waals surface area contributed by atoms with Crippen molar-refractivity contribution in [2.45, 2.75) is 46.1 Å². The molecule has 1 heterocycles. The third-order valence-corrected chi connectivity index (χ3v) is 3.65. The van der Waals surface area contributed by atoms with E-state index in [1.165, 1.54) is 6.33 Å². The Labute approximate surface area is 142 Å². The zero-order valence-corrected chi connectivity index (χ0v) is 14.7. The standard InChI is InChI=1S/C19H22N4O/c1-12(2)17-16(9-21-11-22-17)14-6-13(3)7-15(8-14)18(24)23-19(4,5)10-20/h6-9,11-12H,1-5H3,(H,23,24). The lowest BCUT2D eigenvalue weighted by atomic mass is 9.95. The number of nitrogens with one attached hydrogen (secondary N) is 1. The second-order valence-electron chi connectivity index (χ2n) is 6.75. The fraction of sp³-hybridized carbons (Fsp3) is 0.368. The molecule has 0 radical (unpaired) electrons. The Kier molecular flexibility index (Phi) is 4.99. The molecule has 2 rings (SSSR count). The second-order valence-corrected chi connectivity index (χ2v) is 6.75. The molecule has 5 nitrogen and oxygen atoms in total. The number of benzene rings is 1. The van der Waals surface area contributed by atoms with Gasteiger partial charge in [0.1, 0.15) is 11.9 Å². The first kappa shape index (κ1) is 17.6. The average Bonchev–Trinajstić information content (AvgIpc) is 2.53. The number of aryl methyl sites for hydroxylation is 1. The molecule has 0 fully saturated rings. The minimum atomic E-state index is -0.917. The van der Waals surface area contributed by atoms with E-state index in [0.29, 0.717) is 5.56 Å². The van der Waals surface area contributed by atoms with Crippen molar-refractivity contribution >= 4 is 5.91 Å². The molecule has 2 aromatic rings. The quantitative estimate of drug-likeness (QED) is 0.932. The third-order valence-electron chi connectivity index (χ3n) is 3.65. The van der Waals surface area contributed by atoms with Crippen molar-refractivity contribution in [3.8, 4) is 17.2 Å². The van der Waals surface area contributed by atoms with Crippen LogP contribution in [0.2, 0.25) is 0 Å². The summed E-state index contributed by atoms with van der Waals surface area (Å²) in [6, 6.07) is 7.72. The highest BCUT2D eigenvalue weighted by molar-refractivity contribution is 5.96. The predicted molar refractivity (Wildman–Crippen MR) is 93.5 cm³/mol. The van der Waals surface area contributed by atoms with E-state index in [1.807, 2.05) is 25.1 Å². The van der Waals surface area contributed by atoms with Gasteiger partial charge in [0.2, 0.25) is 0 Å². The highest BCUT2D eigenvalue weighted by Gasteiger charge is 2.21. The number of carbonyl (C=O) groups excluding carboxylic acids is 1. The number of hydrogen-bond donors (Lipinski definition) is 1. The predicted octanol–water partition coefficient (Wildman–Crippen LogP) is 3.61. The van der Waals surface area contributed by atoms with Crippen LogP contribution in [-0.2, 0) is 0 Å². The van der Waals surface area contributed by atoms with Crippen LogP contribution in [0.15, 0.2) is 30.7 Å². The van der Waals surface area contributed by atoms with E-state index in [2.05, 4.69) is 35.2 Å². The van der Waals surface area contributed by atoms with Crippen LogP contribution in [0.4, 0.5) is 0 Å². The van der Waals surface area contributed by atoms with Crippen molar-refractivity contribution in [2.75, 3.05) is 0 Å². The Bertz CT molecular complexity index is 803. The Balaban J connectivity index is 2.47. The smallest absolute Gasteiger partial charge is 0.252 e. The van der Waals surface area contributed by atoms with Crippen molar-refractivity contribution < 1.29 is 4.79 Å². The first-order chi connectivity index (χ1) is 11.2. The molecule has 1 aromatic heterocycles. The van der Waals surface area contributed by atoms with Gasteiger partial charge in [-0.3, -0.25) is 4.79 Å². The summed E-state index contributed by atoms with van der Waals surface area (Å²) in [4.78, 5) is 21.0. The molecule has 0 spiro atoms. The van der Waals surface area contributed by atoms with Gasteiger partial charge in [0.25, 0.3) is 5.91 Å². The molecule has 5 heteroatoms. The molecular formula is C19H22N4O. The van der Waals surface area contributed by atoms with Gasteiger partial charge >= 0.3 is 0 Å². The van der Waals surface area contributed by atoms with E-state index < -0.39 is 5.54 Å². The minimum Gasteiger partial charge on any atom is -0.334 e. The first-order valence-corrected chi connectivity index (χ1v) is 7.89. The highest BCUT2D eigenvalue weighted by Crippen LogP contribution is 2.28. The molecule has 0 saturated heterocycles. The normalized spacial score (nSPS) is 11.2. The van der Waals surface area contributed by atoms with E-state index in [-0.39, 0.29) is 11.8 Å². The summed E-state index contributed by atoms with van der Waals surface area (Å²) in [6.07, 6.45) is 3.32. The van der Waals surface area contributed by atoms with E-state index in [4.69, 9.17) is 5.26 Å². The molecule has 0 atom stereocenters. The molecule has 0 saturated carbocycles. The average molecular weight is 322 g/mol. The van der Waals surface area contributed by atoms with Crippen molar-refractivity contribution in [1.29, 1.82) is 5.26 Å². The summed E-state index contributed by atoms with van der Waals surface area (Å²) in [7, 11) is 0. The van der Waals surface area contributed by atoms with E-state index in [9.17, 15) is 4.79 Å². The van der Waals surface area contributed by atoms with Crippen LogP contribution < -0.4 is 5.32 Å². The molecule has 1 N–H and O–H groups in total. The van der Waals surface area contributed by atoms with Crippen LogP contribution >= 0.6 is 0 Å². The summed E-state index contributed by atoms with van der Waals surface area (Å²) in [5.74, 6) is -0.0206. The molecule has 0 aliphatic heterocycles. The van der Waals surface area contributed by atoms with Crippen LogP contribution in [0.25, 0.3) is 11.1 Å². The summed E-state index contributed by atoms with van der Waals surface area (Å²) in [5.41, 5.74) is 3.33. The van der Waals surface area contributed by atoms with Crippen LogP contribution in [0.5, 0.6) is 0 Å². The number of aromatic nitrogens is 2. The summed E-state index contributed by atoms with van der Waals surface area (Å²) >= 11 is 0. The van der Waals surface area contributed by atoms with Gasteiger partial charge < -0.3 is 5.32 Å². The number of hydrogen-bond acceptors (Lipinski definition) is 4. The lowest BCUT2D eigenvalue weighted by Gasteiger charge is -2.18. The largest absolute Gasteiger partial charge is 0.334 e. The molecular weight excluding hydrogens is 300 g/mol. The molecule has 1 aromatic carbocycles. The molecule has 0 unspecified atom stereocenters. The second kappa shape index (κ2) is 6.79. The number of nitrogens with zero attached hydrogens (tertiary/aromatic N) is 3. The van der Waals surface area contributed by atoms with Crippen LogP contribution in [0.3, 0.4) is 0 Å². The molecule has 124 valence electrons. The van der Waals surface area contributed by atoms with Gasteiger partial charge in [0.05, 0.1) is 11.8 Å². The van der Waals surface area contributed by atoms with Gasteiger partial charge in [-0.2, -0.15) is 5.26 Å². The summed E-state index contributed by atoms with van der Waals surface area (Å²) in [6.45, 7) is 9.43. The molecule has 24 heavy (non-hydrogen) atoms. The van der Waals surface area contributed by atoms with Gasteiger partial charge in [-0.15, -0.1) is 0 Å². The Morgan fingerprint density at radius 2 is 2.00 bits per heavy atom. The zero-order valence-electron chi connectivity index (χ0n) is 14.7. The lowest BCUT2D eigenvalue weighted by molar-refractivity contribution is 0.0929. The van der Waals surface area contributed by atoms with Crippen molar-refractivity contribution in [1.82, 2.24) is 15.3 Å². The number of carbonyl (C=O) groups is 1. The van der Waals surface area contributed by atoms with Crippen molar-refractivity contribution in [3.63, 3.8) is 0 Å². The van der Waals surface area contributed by atoms with Crippen LogP contribution in [-0.4, -0.2) is 21.4 Å². The fourth-order valence-corrected chi connectivity index (χ4v) is 2.48. The molecule has 0 aliphatic carbocycles. The van der Waals surface area contributed by atoms with Crippen LogP contribution in [0, 0.1) is 18.3 Å². The first-order valence-electron chi connectivity index (χ1n) is 7.89. The SMILES string of the molecule is Cc1cc(C(=O)NC(C)(C)C#N)cc(-c2cncnc2C(C)C)c1. The fourth-order valence-electron chi connectivity index (χ4n) is 2.48. The maximum Gasteiger partial charge on any atom is 0.252 e. The number of rotatable bonds is 4. The maximum atomic E-state index is 12.5. The summed E-state index contributed by atoms with van der Waals surface area (Å²) < 4.78 is 0. The highest BCUT2D eigenvalue weighted by atomic mass is 16.1. The third kappa shape index (κ3) is 3.96. The lowest BCUT2D eigenvalue weighted by Crippen LogP contribution is -2.42. The Morgan fingerprint density at radius 1 is 1.29 bits per heavy atom. The van der Waals surface area contributed by atoms with Crippen molar-refractivity contribution in [2.24, 2.45) is 0 Å². The zero-order chi connectivity index (χ0) is 17.9. The maximum absolute atomic E-state index is 12.5. The van der Waals surface area contributed by atoms with Gasteiger partial charge in [0.15, 0.2) is 0 Å². The summed E-state index contributed by atoms with van der Waals surface area (Å²) in [5, 5.41) is 11.8. The monoisotopic (exact) mass is 322 g/mol. The van der Waals surface area contributed by atoms with Crippen LogP contribution in [0.1, 0.15) is 55.2 Å². The van der Waals surface area contributed by atoms with Crippen molar-refractivity contribution in [3.05, 3.63) is 47.5 Å². The molecule has 0 aliphatic rings. The van der Waals surface area contributed by atoms with E-state index in [1.54, 1.807) is 20.0 Å². The topological polar surface area (TPSA) is 78.7 Å². The Morgan fingerprint density at radius 3 is 2.62 bits per heavy atom. The van der Waals surface area contributed by atoms with E-state index >= 15 is 0 Å². The number of nitriles is 1. The molecule has 1 amide bonds. The van der Waals surface area contributed by atoms with Gasteiger partial charge in [-0.05, 0) is 49.9 Å². The van der Waals surface area contributed by atoms with Gasteiger partial charge in [0, 0.05) is 17.3 Å². The van der Waals surface area contributed by atoms with Gasteiger partial charge in [-0.1, -0.05) is 19.9 Å².